The SMILES string of the molecule is O=S(=O)(NCC1CCN(c2nc3ccccc3o2)CC1)c1ccc2ccccc2c1. The molecule has 0 radical (unpaired) electrons. The van der Waals surface area contributed by atoms with Gasteiger partial charge in [0.15, 0.2) is 5.58 Å². The topological polar surface area (TPSA) is 75.4 Å². The Morgan fingerprint density at radius 3 is 2.50 bits per heavy atom. The first kappa shape index (κ1) is 19.1. The van der Waals surface area contributed by atoms with Gasteiger partial charge in [0, 0.05) is 19.6 Å². The van der Waals surface area contributed by atoms with Gasteiger partial charge in [0.2, 0.25) is 10.0 Å². The van der Waals surface area contributed by atoms with Gasteiger partial charge in [0.25, 0.3) is 6.01 Å². The molecule has 1 fully saturated rings. The van der Waals surface area contributed by atoms with Crippen LogP contribution in [0.4, 0.5) is 6.01 Å². The van der Waals surface area contributed by atoms with Crippen molar-refractivity contribution in [3.63, 3.8) is 0 Å². The van der Waals surface area contributed by atoms with Crippen LogP contribution in [0.1, 0.15) is 12.8 Å². The number of hydrogen-bond donors (Lipinski definition) is 1. The number of oxazole rings is 1. The van der Waals surface area contributed by atoms with Crippen molar-refractivity contribution in [1.29, 1.82) is 0 Å². The molecule has 2 heterocycles. The summed E-state index contributed by atoms with van der Waals surface area (Å²) in [6.45, 7) is 2.04. The molecule has 0 atom stereocenters. The van der Waals surface area contributed by atoms with Gasteiger partial charge in [0.05, 0.1) is 4.90 Å². The lowest BCUT2D eigenvalue weighted by atomic mass is 9.97. The van der Waals surface area contributed by atoms with Crippen molar-refractivity contribution in [2.75, 3.05) is 24.5 Å². The highest BCUT2D eigenvalue weighted by Gasteiger charge is 2.24. The summed E-state index contributed by atoms with van der Waals surface area (Å²) in [7, 11) is -3.53. The molecule has 1 saturated heterocycles. The highest BCUT2D eigenvalue weighted by Crippen LogP contribution is 2.26. The van der Waals surface area contributed by atoms with E-state index in [-0.39, 0.29) is 0 Å². The van der Waals surface area contributed by atoms with E-state index < -0.39 is 10.0 Å². The molecule has 5 rings (SSSR count). The maximum Gasteiger partial charge on any atom is 0.298 e. The number of para-hydroxylation sites is 2. The van der Waals surface area contributed by atoms with Crippen LogP contribution in [0.5, 0.6) is 0 Å². The van der Waals surface area contributed by atoms with E-state index in [0.29, 0.717) is 23.4 Å². The number of anilines is 1. The normalized spacial score (nSPS) is 15.8. The second-order valence-electron chi connectivity index (χ2n) is 7.76. The van der Waals surface area contributed by atoms with E-state index in [2.05, 4.69) is 14.6 Å². The van der Waals surface area contributed by atoms with Gasteiger partial charge in [-0.25, -0.2) is 13.1 Å². The number of piperidine rings is 1. The lowest BCUT2D eigenvalue weighted by molar-refractivity contribution is 0.387. The van der Waals surface area contributed by atoms with Gasteiger partial charge in [-0.15, -0.1) is 0 Å². The minimum Gasteiger partial charge on any atom is -0.423 e. The van der Waals surface area contributed by atoms with E-state index in [1.54, 1.807) is 12.1 Å². The van der Waals surface area contributed by atoms with Gasteiger partial charge < -0.3 is 9.32 Å². The van der Waals surface area contributed by atoms with Crippen molar-refractivity contribution in [3.8, 4) is 0 Å². The Labute approximate surface area is 175 Å². The summed E-state index contributed by atoms with van der Waals surface area (Å²) < 4.78 is 34.2. The van der Waals surface area contributed by atoms with Gasteiger partial charge in [-0.2, -0.15) is 4.98 Å². The number of fused-ring (bicyclic) bond motifs is 2. The van der Waals surface area contributed by atoms with Crippen molar-refractivity contribution in [2.24, 2.45) is 5.92 Å². The fourth-order valence-electron chi connectivity index (χ4n) is 3.97. The fourth-order valence-corrected chi connectivity index (χ4v) is 5.12. The van der Waals surface area contributed by atoms with E-state index >= 15 is 0 Å². The Bertz CT molecular complexity index is 1260. The van der Waals surface area contributed by atoms with Gasteiger partial charge in [-0.3, -0.25) is 0 Å². The van der Waals surface area contributed by atoms with Gasteiger partial charge in [-0.1, -0.05) is 42.5 Å². The maximum absolute atomic E-state index is 12.8. The van der Waals surface area contributed by atoms with E-state index in [0.717, 1.165) is 47.8 Å². The van der Waals surface area contributed by atoms with Crippen molar-refractivity contribution >= 4 is 37.9 Å². The first-order chi connectivity index (χ1) is 14.6. The zero-order valence-electron chi connectivity index (χ0n) is 16.5. The van der Waals surface area contributed by atoms with E-state index in [1.165, 1.54) is 0 Å². The molecule has 0 bridgehead atoms. The monoisotopic (exact) mass is 421 g/mol. The maximum atomic E-state index is 12.8. The zero-order chi connectivity index (χ0) is 20.6. The number of sulfonamides is 1. The standard InChI is InChI=1S/C23H23N3O3S/c27-30(28,20-10-9-18-5-1-2-6-19(18)15-20)24-16-17-11-13-26(14-12-17)23-25-21-7-3-4-8-22(21)29-23/h1-10,15,17,24H,11-14,16H2. The molecule has 0 amide bonds. The molecule has 154 valence electrons. The second kappa shape index (κ2) is 7.74. The molecule has 1 N–H and O–H groups in total. The molecule has 0 saturated carbocycles. The number of rotatable bonds is 5. The van der Waals surface area contributed by atoms with Gasteiger partial charge >= 0.3 is 0 Å². The molecule has 3 aromatic carbocycles. The molecule has 4 aromatic rings. The summed E-state index contributed by atoms with van der Waals surface area (Å²) >= 11 is 0. The average Bonchev–Trinajstić information content (AvgIpc) is 3.22. The van der Waals surface area contributed by atoms with Crippen LogP contribution in [-0.2, 0) is 10.0 Å². The lowest BCUT2D eigenvalue weighted by Crippen LogP contribution is -2.38. The van der Waals surface area contributed by atoms with Crippen LogP contribution in [0, 0.1) is 5.92 Å². The molecular weight excluding hydrogens is 398 g/mol. The molecule has 0 aliphatic carbocycles. The summed E-state index contributed by atoms with van der Waals surface area (Å²) in [5.74, 6) is 0.292. The average molecular weight is 422 g/mol. The highest BCUT2D eigenvalue weighted by molar-refractivity contribution is 7.89. The number of aromatic nitrogens is 1. The molecule has 1 aliphatic rings. The lowest BCUT2D eigenvalue weighted by Gasteiger charge is -2.30. The predicted molar refractivity (Wildman–Crippen MR) is 118 cm³/mol. The van der Waals surface area contributed by atoms with Crippen molar-refractivity contribution in [2.45, 2.75) is 17.7 Å². The van der Waals surface area contributed by atoms with E-state index in [9.17, 15) is 8.42 Å². The molecule has 6 nitrogen and oxygen atoms in total. The fraction of sp³-hybridized carbons (Fsp3) is 0.261. The Hall–Kier alpha value is -2.90. The van der Waals surface area contributed by atoms with Crippen molar-refractivity contribution in [3.05, 3.63) is 66.7 Å². The minimum atomic E-state index is -3.53. The molecular formula is C23H23N3O3S. The molecule has 7 heteroatoms. The Kier molecular flexibility index (Phi) is 4.92. The molecule has 30 heavy (non-hydrogen) atoms. The smallest absolute Gasteiger partial charge is 0.298 e. The van der Waals surface area contributed by atoms with Gasteiger partial charge in [0.1, 0.15) is 5.52 Å². The number of nitrogens with zero attached hydrogens (tertiary/aromatic N) is 2. The van der Waals surface area contributed by atoms with Crippen LogP contribution in [0.3, 0.4) is 0 Å². The van der Waals surface area contributed by atoms with Crippen molar-refractivity contribution in [1.82, 2.24) is 9.71 Å². The Morgan fingerprint density at radius 1 is 0.967 bits per heavy atom. The van der Waals surface area contributed by atoms with Crippen LogP contribution in [0.15, 0.2) is 76.0 Å². The largest absolute Gasteiger partial charge is 0.423 e. The predicted octanol–water partition coefficient (Wildman–Crippen LogP) is 4.18. The van der Waals surface area contributed by atoms with Crippen LogP contribution < -0.4 is 9.62 Å². The van der Waals surface area contributed by atoms with Crippen molar-refractivity contribution < 1.29 is 12.8 Å². The highest BCUT2D eigenvalue weighted by atomic mass is 32.2. The molecule has 0 spiro atoms. The van der Waals surface area contributed by atoms with Crippen LogP contribution in [0.25, 0.3) is 21.9 Å². The zero-order valence-corrected chi connectivity index (χ0v) is 17.3. The summed E-state index contributed by atoms with van der Waals surface area (Å²) in [5.41, 5.74) is 1.65. The summed E-state index contributed by atoms with van der Waals surface area (Å²) in [5, 5.41) is 1.95. The number of benzene rings is 3. The van der Waals surface area contributed by atoms with Crippen LogP contribution in [-0.4, -0.2) is 33.0 Å². The summed E-state index contributed by atoms with van der Waals surface area (Å²) in [4.78, 5) is 7.00. The Balaban J connectivity index is 1.20. The first-order valence-electron chi connectivity index (χ1n) is 10.2. The molecule has 1 aromatic heterocycles. The molecule has 1 aliphatic heterocycles. The van der Waals surface area contributed by atoms with Crippen LogP contribution >= 0.6 is 0 Å². The third-order valence-corrected chi connectivity index (χ3v) is 7.18. The number of nitrogens with one attached hydrogen (secondary N) is 1. The second-order valence-corrected chi connectivity index (χ2v) is 9.52. The first-order valence-corrected chi connectivity index (χ1v) is 11.7. The van der Waals surface area contributed by atoms with Crippen LogP contribution in [0.2, 0.25) is 0 Å². The Morgan fingerprint density at radius 2 is 1.70 bits per heavy atom. The van der Waals surface area contributed by atoms with Gasteiger partial charge in [-0.05, 0) is 53.8 Å². The minimum absolute atomic E-state index is 0.292. The summed E-state index contributed by atoms with van der Waals surface area (Å²) in [6, 6.07) is 21.4. The van der Waals surface area contributed by atoms with E-state index in [1.807, 2.05) is 54.6 Å². The number of hydrogen-bond acceptors (Lipinski definition) is 5. The third kappa shape index (κ3) is 3.78. The summed E-state index contributed by atoms with van der Waals surface area (Å²) in [6.07, 6.45) is 1.78. The quantitative estimate of drug-likeness (QED) is 0.523. The molecule has 0 unspecified atom stereocenters. The van der Waals surface area contributed by atoms with E-state index in [4.69, 9.17) is 4.42 Å². The third-order valence-electron chi connectivity index (χ3n) is 5.76.